The molecule has 0 spiro atoms. The summed E-state index contributed by atoms with van der Waals surface area (Å²) in [7, 11) is 0. The van der Waals surface area contributed by atoms with Crippen molar-refractivity contribution in [2.75, 3.05) is 31.6 Å². The normalized spacial score (nSPS) is 17.3. The Morgan fingerprint density at radius 3 is 2.75 bits per heavy atom. The van der Waals surface area contributed by atoms with Gasteiger partial charge < -0.3 is 14.5 Å². The van der Waals surface area contributed by atoms with Crippen LogP contribution in [0.15, 0.2) is 40.9 Å². The van der Waals surface area contributed by atoms with E-state index < -0.39 is 0 Å². The Bertz CT molecular complexity index is 1160. The molecule has 0 atom stereocenters. The minimum atomic E-state index is -0.210. The molecule has 3 aromatic rings. The number of anilines is 1. The summed E-state index contributed by atoms with van der Waals surface area (Å²) in [6.45, 7) is 5.82. The topological polar surface area (TPSA) is 84.7 Å². The van der Waals surface area contributed by atoms with Crippen LogP contribution in [0, 0.1) is 12.8 Å². The molecule has 0 radical (unpaired) electrons. The third kappa shape index (κ3) is 4.18. The number of ketones is 1. The first-order valence-electron chi connectivity index (χ1n) is 11.2. The molecule has 1 amide bonds. The fourth-order valence-corrected chi connectivity index (χ4v) is 4.23. The number of amides is 1. The van der Waals surface area contributed by atoms with Crippen LogP contribution in [0.4, 0.5) is 5.69 Å². The number of aryl methyl sites for hydroxylation is 1. The second-order valence-corrected chi connectivity index (χ2v) is 8.64. The summed E-state index contributed by atoms with van der Waals surface area (Å²) in [6, 6.07) is 8.87. The van der Waals surface area contributed by atoms with E-state index in [4.69, 9.17) is 9.15 Å². The molecule has 2 aliphatic rings. The molecule has 7 nitrogen and oxygen atoms in total. The molecule has 1 aliphatic carbocycles. The summed E-state index contributed by atoms with van der Waals surface area (Å²) in [5.41, 5.74) is 3.56. The van der Waals surface area contributed by atoms with Gasteiger partial charge in [-0.25, -0.2) is 0 Å². The fourth-order valence-electron chi connectivity index (χ4n) is 4.23. The molecule has 166 valence electrons. The quantitative estimate of drug-likeness (QED) is 0.593. The van der Waals surface area contributed by atoms with Crippen molar-refractivity contribution in [1.29, 1.82) is 0 Å². The third-order valence-electron chi connectivity index (χ3n) is 6.41. The Hall–Kier alpha value is -3.03. The van der Waals surface area contributed by atoms with Crippen LogP contribution < -0.4 is 5.32 Å². The van der Waals surface area contributed by atoms with Gasteiger partial charge >= 0.3 is 0 Å². The van der Waals surface area contributed by atoms with Crippen molar-refractivity contribution < 1.29 is 18.7 Å². The Morgan fingerprint density at radius 1 is 1.19 bits per heavy atom. The molecule has 1 saturated heterocycles. The summed E-state index contributed by atoms with van der Waals surface area (Å²) < 4.78 is 11.4. The molecule has 32 heavy (non-hydrogen) atoms. The van der Waals surface area contributed by atoms with Crippen molar-refractivity contribution >= 4 is 28.3 Å². The average molecular weight is 434 g/mol. The molecule has 0 unspecified atom stereocenters. The van der Waals surface area contributed by atoms with E-state index in [1.165, 1.54) is 0 Å². The van der Waals surface area contributed by atoms with E-state index in [1.54, 1.807) is 24.3 Å². The number of aromatic nitrogens is 1. The summed E-state index contributed by atoms with van der Waals surface area (Å²) in [6.07, 6.45) is 4.84. The summed E-state index contributed by atoms with van der Waals surface area (Å²) in [4.78, 5) is 32.3. The number of hydrogen-bond acceptors (Lipinski definition) is 6. The van der Waals surface area contributed by atoms with Crippen LogP contribution in [0.1, 0.15) is 46.6 Å². The highest BCUT2D eigenvalue weighted by atomic mass is 16.5. The van der Waals surface area contributed by atoms with Gasteiger partial charge in [-0.15, -0.1) is 0 Å². The highest BCUT2D eigenvalue weighted by molar-refractivity contribution is 6.10. The molecule has 1 saturated carbocycles. The molecule has 2 aromatic heterocycles. The number of carbonyl (C=O) groups is 2. The second kappa shape index (κ2) is 8.84. The van der Waals surface area contributed by atoms with Crippen molar-refractivity contribution in [2.24, 2.45) is 5.92 Å². The second-order valence-electron chi connectivity index (χ2n) is 8.64. The molecule has 1 N–H and O–H groups in total. The van der Waals surface area contributed by atoms with E-state index in [2.05, 4.69) is 15.2 Å². The first kappa shape index (κ1) is 20.8. The van der Waals surface area contributed by atoms with E-state index in [-0.39, 0.29) is 23.4 Å². The van der Waals surface area contributed by atoms with E-state index in [9.17, 15) is 9.59 Å². The maximum atomic E-state index is 13.2. The number of nitrogens with one attached hydrogen (secondary N) is 1. The lowest BCUT2D eigenvalue weighted by molar-refractivity contribution is -0.122. The standard InChI is InChI=1S/C25H27N3O4/c1-16-24-21(19(14-26-16)15-28-8-10-31-11-9-28)13-22(32-24)23(29)18-6-3-7-20(12-18)27-25(30)17-4-2-5-17/h3,6-7,12-14,17H,2,4-5,8-11,15H2,1H3,(H,27,30). The molecule has 2 fully saturated rings. The molecule has 5 rings (SSSR count). The Labute approximate surface area is 186 Å². The van der Waals surface area contributed by atoms with E-state index >= 15 is 0 Å². The minimum absolute atomic E-state index is 0.0269. The van der Waals surface area contributed by atoms with E-state index in [0.29, 0.717) is 16.8 Å². The minimum Gasteiger partial charge on any atom is -0.451 e. The number of pyridine rings is 1. The van der Waals surface area contributed by atoms with E-state index in [0.717, 1.165) is 68.8 Å². The van der Waals surface area contributed by atoms with Gasteiger partial charge in [0.15, 0.2) is 11.3 Å². The predicted octanol–water partition coefficient (Wildman–Crippen LogP) is 3.94. The van der Waals surface area contributed by atoms with Crippen molar-refractivity contribution in [1.82, 2.24) is 9.88 Å². The number of rotatable bonds is 6. The van der Waals surface area contributed by atoms with Gasteiger partial charge in [-0.2, -0.15) is 0 Å². The number of furan rings is 1. The maximum absolute atomic E-state index is 13.2. The molecule has 7 heteroatoms. The SMILES string of the molecule is Cc1ncc(CN2CCOCC2)c2cc(C(=O)c3cccc(NC(=O)C4CCC4)c3)oc12. The van der Waals surface area contributed by atoms with Gasteiger partial charge in [0.1, 0.15) is 0 Å². The van der Waals surface area contributed by atoms with Crippen LogP contribution in [0.25, 0.3) is 11.0 Å². The van der Waals surface area contributed by atoms with Gasteiger partial charge in [-0.3, -0.25) is 19.5 Å². The predicted molar refractivity (Wildman–Crippen MR) is 121 cm³/mol. The molecule has 1 aliphatic heterocycles. The zero-order valence-corrected chi connectivity index (χ0v) is 18.2. The molecule has 1 aromatic carbocycles. The van der Waals surface area contributed by atoms with Crippen molar-refractivity contribution in [3.05, 3.63) is 59.1 Å². The van der Waals surface area contributed by atoms with Crippen LogP contribution in [0.3, 0.4) is 0 Å². The lowest BCUT2D eigenvalue weighted by Crippen LogP contribution is -2.35. The lowest BCUT2D eigenvalue weighted by atomic mass is 9.85. The van der Waals surface area contributed by atoms with Gasteiger partial charge in [0.2, 0.25) is 11.7 Å². The number of fused-ring (bicyclic) bond motifs is 1. The Morgan fingerprint density at radius 2 is 2.00 bits per heavy atom. The van der Waals surface area contributed by atoms with Gasteiger partial charge in [-0.05, 0) is 43.5 Å². The fraction of sp³-hybridized carbons (Fsp3) is 0.400. The van der Waals surface area contributed by atoms with Crippen LogP contribution in [-0.2, 0) is 16.1 Å². The Kier molecular flexibility index (Phi) is 5.76. The van der Waals surface area contributed by atoms with Gasteiger partial charge in [0.05, 0.1) is 18.9 Å². The smallest absolute Gasteiger partial charge is 0.228 e. The highest BCUT2D eigenvalue weighted by Gasteiger charge is 2.25. The van der Waals surface area contributed by atoms with Crippen molar-refractivity contribution in [3.8, 4) is 0 Å². The lowest BCUT2D eigenvalue weighted by Gasteiger charge is -2.26. The van der Waals surface area contributed by atoms with Crippen molar-refractivity contribution in [2.45, 2.75) is 32.7 Å². The number of hydrogen-bond donors (Lipinski definition) is 1. The summed E-state index contributed by atoms with van der Waals surface area (Å²) in [5, 5.41) is 3.85. The monoisotopic (exact) mass is 433 g/mol. The molecular weight excluding hydrogens is 406 g/mol. The number of carbonyl (C=O) groups excluding carboxylic acids is 2. The highest BCUT2D eigenvalue weighted by Crippen LogP contribution is 2.29. The summed E-state index contributed by atoms with van der Waals surface area (Å²) >= 11 is 0. The van der Waals surface area contributed by atoms with Gasteiger partial charge in [-0.1, -0.05) is 18.6 Å². The molecule has 3 heterocycles. The number of ether oxygens (including phenoxy) is 1. The van der Waals surface area contributed by atoms with Crippen LogP contribution >= 0.6 is 0 Å². The average Bonchev–Trinajstić information content (AvgIpc) is 3.21. The molecule has 0 bridgehead atoms. The van der Waals surface area contributed by atoms with Gasteiger partial charge in [0, 0.05) is 48.4 Å². The van der Waals surface area contributed by atoms with Gasteiger partial charge in [0.25, 0.3) is 0 Å². The van der Waals surface area contributed by atoms with E-state index in [1.807, 2.05) is 19.2 Å². The van der Waals surface area contributed by atoms with Crippen molar-refractivity contribution in [3.63, 3.8) is 0 Å². The maximum Gasteiger partial charge on any atom is 0.228 e. The van der Waals surface area contributed by atoms with Crippen LogP contribution in [0.2, 0.25) is 0 Å². The zero-order valence-electron chi connectivity index (χ0n) is 18.2. The first-order chi connectivity index (χ1) is 15.6. The number of nitrogens with zero attached hydrogens (tertiary/aromatic N) is 2. The number of morpholine rings is 1. The number of benzene rings is 1. The third-order valence-corrected chi connectivity index (χ3v) is 6.41. The first-order valence-corrected chi connectivity index (χ1v) is 11.2. The van der Waals surface area contributed by atoms with Crippen LogP contribution in [-0.4, -0.2) is 47.9 Å². The zero-order chi connectivity index (χ0) is 22.1. The summed E-state index contributed by atoms with van der Waals surface area (Å²) in [5.74, 6) is 0.184. The Balaban J connectivity index is 1.40. The molecular formula is C25H27N3O4. The largest absolute Gasteiger partial charge is 0.451 e. The van der Waals surface area contributed by atoms with Crippen LogP contribution in [0.5, 0.6) is 0 Å².